The number of alkyl halides is 2. The first kappa shape index (κ1) is 16.3. The first-order chi connectivity index (χ1) is 11.0. The van der Waals surface area contributed by atoms with Gasteiger partial charge in [0.15, 0.2) is 0 Å². The zero-order chi connectivity index (χ0) is 16.7. The van der Waals surface area contributed by atoms with Crippen LogP contribution in [0.15, 0.2) is 53.7 Å². The van der Waals surface area contributed by atoms with E-state index in [9.17, 15) is 18.9 Å². The van der Waals surface area contributed by atoms with Gasteiger partial charge in [-0.1, -0.05) is 5.16 Å². The minimum atomic E-state index is -2.86. The smallest absolute Gasteiger partial charge is 0.387 e. The van der Waals surface area contributed by atoms with Crippen LogP contribution in [0.4, 0.5) is 14.5 Å². The van der Waals surface area contributed by atoms with Crippen molar-refractivity contribution in [1.82, 2.24) is 0 Å². The van der Waals surface area contributed by atoms with Gasteiger partial charge in [-0.3, -0.25) is 10.1 Å². The molecular weight excluding hydrogens is 310 g/mol. The molecule has 0 aromatic heterocycles. The average Bonchev–Trinajstić information content (AvgIpc) is 2.53. The van der Waals surface area contributed by atoms with E-state index >= 15 is 0 Å². The second-order valence-electron chi connectivity index (χ2n) is 4.38. The fraction of sp³-hybridized carbons (Fsp3) is 0.133. The highest BCUT2D eigenvalue weighted by atomic mass is 19.3. The van der Waals surface area contributed by atoms with E-state index in [-0.39, 0.29) is 18.0 Å². The first-order valence-corrected chi connectivity index (χ1v) is 6.48. The van der Waals surface area contributed by atoms with Crippen molar-refractivity contribution in [3.8, 4) is 5.75 Å². The predicted octanol–water partition coefficient (Wildman–Crippen LogP) is 3.75. The molecule has 0 fully saturated rings. The Hall–Kier alpha value is -3.03. The highest BCUT2D eigenvalue weighted by Crippen LogP contribution is 2.14. The third-order valence-electron chi connectivity index (χ3n) is 2.76. The predicted molar refractivity (Wildman–Crippen MR) is 78.6 cm³/mol. The van der Waals surface area contributed by atoms with Gasteiger partial charge in [-0.25, -0.2) is 0 Å². The molecular formula is C15H12F2N2O4. The highest BCUT2D eigenvalue weighted by Gasteiger charge is 2.04. The number of hydrogen-bond donors (Lipinski definition) is 0. The number of nitrogens with zero attached hydrogens (tertiary/aromatic N) is 2. The summed E-state index contributed by atoms with van der Waals surface area (Å²) < 4.78 is 28.2. The molecule has 0 amide bonds. The molecule has 0 atom stereocenters. The Morgan fingerprint density at radius 2 is 1.78 bits per heavy atom. The summed E-state index contributed by atoms with van der Waals surface area (Å²) in [6.07, 6.45) is 1.41. The van der Waals surface area contributed by atoms with E-state index in [0.29, 0.717) is 5.56 Å². The molecule has 2 aromatic carbocycles. The molecule has 2 rings (SSSR count). The van der Waals surface area contributed by atoms with Crippen LogP contribution >= 0.6 is 0 Å². The monoisotopic (exact) mass is 322 g/mol. The number of oxime groups is 1. The van der Waals surface area contributed by atoms with E-state index in [1.54, 1.807) is 24.3 Å². The first-order valence-electron chi connectivity index (χ1n) is 6.48. The number of halogens is 2. The Balaban J connectivity index is 1.83. The molecule has 0 aliphatic rings. The summed E-state index contributed by atoms with van der Waals surface area (Å²) in [5.74, 6) is 0.0592. The van der Waals surface area contributed by atoms with Crippen molar-refractivity contribution >= 4 is 11.9 Å². The number of hydrogen-bond acceptors (Lipinski definition) is 5. The van der Waals surface area contributed by atoms with Gasteiger partial charge in [0.25, 0.3) is 5.69 Å². The highest BCUT2D eigenvalue weighted by molar-refractivity contribution is 5.79. The fourth-order valence-corrected chi connectivity index (χ4v) is 1.66. The van der Waals surface area contributed by atoms with E-state index in [0.717, 1.165) is 5.56 Å². The van der Waals surface area contributed by atoms with Gasteiger partial charge in [0, 0.05) is 12.1 Å². The van der Waals surface area contributed by atoms with Gasteiger partial charge < -0.3 is 9.57 Å². The van der Waals surface area contributed by atoms with Crippen LogP contribution in [-0.2, 0) is 11.4 Å². The molecule has 0 aliphatic heterocycles. The summed E-state index contributed by atoms with van der Waals surface area (Å²) in [4.78, 5) is 15.1. The Kier molecular flexibility index (Phi) is 5.56. The summed E-state index contributed by atoms with van der Waals surface area (Å²) in [7, 11) is 0. The SMILES string of the molecule is O=[N+]([O-])c1ccc(CO/N=C/c2ccc(OC(F)F)cc2)cc1. The number of nitro benzene ring substituents is 1. The quantitative estimate of drug-likeness (QED) is 0.442. The van der Waals surface area contributed by atoms with E-state index in [1.165, 1.54) is 30.5 Å². The van der Waals surface area contributed by atoms with E-state index in [2.05, 4.69) is 9.89 Å². The number of rotatable bonds is 7. The molecule has 120 valence electrons. The van der Waals surface area contributed by atoms with Gasteiger partial charge in [-0.2, -0.15) is 8.78 Å². The molecule has 0 unspecified atom stereocenters. The molecule has 0 saturated carbocycles. The minimum Gasteiger partial charge on any atom is -0.435 e. The standard InChI is InChI=1S/C15H12F2N2O4/c16-15(17)23-14-7-3-11(4-8-14)9-18-22-10-12-1-5-13(6-2-12)19(20)21/h1-9,15H,10H2/b18-9+. The Morgan fingerprint density at radius 3 is 2.35 bits per heavy atom. The molecule has 2 aromatic rings. The minimum absolute atomic E-state index is 0.00311. The Labute approximate surface area is 130 Å². The van der Waals surface area contributed by atoms with E-state index in [1.807, 2.05) is 0 Å². The summed E-state index contributed by atoms with van der Waals surface area (Å²) >= 11 is 0. The second kappa shape index (κ2) is 7.83. The summed E-state index contributed by atoms with van der Waals surface area (Å²) in [6.45, 7) is -2.71. The fourth-order valence-electron chi connectivity index (χ4n) is 1.66. The van der Waals surface area contributed by atoms with Gasteiger partial charge in [-0.05, 0) is 47.5 Å². The van der Waals surface area contributed by atoms with Crippen LogP contribution in [0, 0.1) is 10.1 Å². The topological polar surface area (TPSA) is 74.0 Å². The van der Waals surface area contributed by atoms with Crippen LogP contribution in [-0.4, -0.2) is 17.7 Å². The van der Waals surface area contributed by atoms with Crippen molar-refractivity contribution < 1.29 is 23.3 Å². The van der Waals surface area contributed by atoms with Gasteiger partial charge in [0.05, 0.1) is 11.1 Å². The van der Waals surface area contributed by atoms with Crippen LogP contribution in [0.5, 0.6) is 5.75 Å². The summed E-state index contributed by atoms with van der Waals surface area (Å²) in [5, 5.41) is 14.2. The molecule has 6 nitrogen and oxygen atoms in total. The van der Waals surface area contributed by atoms with Crippen molar-refractivity contribution in [2.24, 2.45) is 5.16 Å². The van der Waals surface area contributed by atoms with Crippen LogP contribution < -0.4 is 4.74 Å². The molecule has 0 bridgehead atoms. The third kappa shape index (κ3) is 5.34. The van der Waals surface area contributed by atoms with Crippen molar-refractivity contribution in [3.63, 3.8) is 0 Å². The van der Waals surface area contributed by atoms with Crippen LogP contribution in [0.25, 0.3) is 0 Å². The maximum Gasteiger partial charge on any atom is 0.387 e. The Morgan fingerprint density at radius 1 is 1.13 bits per heavy atom. The molecule has 0 spiro atoms. The van der Waals surface area contributed by atoms with Crippen molar-refractivity contribution in [2.45, 2.75) is 13.2 Å². The number of benzene rings is 2. The molecule has 0 saturated heterocycles. The normalized spacial score (nSPS) is 10.9. The summed E-state index contributed by atoms with van der Waals surface area (Å²) in [5.41, 5.74) is 1.38. The summed E-state index contributed by atoms with van der Waals surface area (Å²) in [6, 6.07) is 11.8. The van der Waals surface area contributed by atoms with Crippen LogP contribution in [0.2, 0.25) is 0 Å². The van der Waals surface area contributed by atoms with Crippen LogP contribution in [0.1, 0.15) is 11.1 Å². The lowest BCUT2D eigenvalue weighted by Crippen LogP contribution is -2.01. The van der Waals surface area contributed by atoms with Crippen LogP contribution in [0.3, 0.4) is 0 Å². The maximum atomic E-state index is 12.0. The average molecular weight is 322 g/mol. The molecule has 0 N–H and O–H groups in total. The molecule has 0 radical (unpaired) electrons. The molecule has 0 aliphatic carbocycles. The zero-order valence-corrected chi connectivity index (χ0v) is 11.8. The van der Waals surface area contributed by atoms with E-state index in [4.69, 9.17) is 4.84 Å². The largest absolute Gasteiger partial charge is 0.435 e. The van der Waals surface area contributed by atoms with E-state index < -0.39 is 11.5 Å². The number of non-ortho nitro benzene ring substituents is 1. The molecule has 0 heterocycles. The molecule has 23 heavy (non-hydrogen) atoms. The lowest BCUT2D eigenvalue weighted by molar-refractivity contribution is -0.384. The van der Waals surface area contributed by atoms with Crippen molar-refractivity contribution in [3.05, 3.63) is 69.8 Å². The van der Waals surface area contributed by atoms with Crippen molar-refractivity contribution in [2.75, 3.05) is 0 Å². The second-order valence-corrected chi connectivity index (χ2v) is 4.38. The van der Waals surface area contributed by atoms with Gasteiger partial charge in [-0.15, -0.1) is 0 Å². The number of nitro groups is 1. The Bertz CT molecular complexity index is 673. The van der Waals surface area contributed by atoms with Gasteiger partial charge >= 0.3 is 6.61 Å². The van der Waals surface area contributed by atoms with Crippen molar-refractivity contribution in [1.29, 1.82) is 0 Å². The molecule has 8 heteroatoms. The van der Waals surface area contributed by atoms with Gasteiger partial charge in [0.2, 0.25) is 0 Å². The van der Waals surface area contributed by atoms with Gasteiger partial charge in [0.1, 0.15) is 12.4 Å². The lowest BCUT2D eigenvalue weighted by Gasteiger charge is -2.03. The zero-order valence-electron chi connectivity index (χ0n) is 11.8. The lowest BCUT2D eigenvalue weighted by atomic mass is 10.2. The maximum absolute atomic E-state index is 12.0. The third-order valence-corrected chi connectivity index (χ3v) is 2.76. The number of ether oxygens (including phenoxy) is 1.